The standard InChI is InChI=1S/C12H8FN3/c13-9-1-2-10(8(5-9)6-14)11-3-4-16-7-12(11)15/h1-5,7H,15H2. The van der Waals surface area contributed by atoms with Crippen LogP contribution in [0.1, 0.15) is 5.56 Å². The maximum absolute atomic E-state index is 13.0. The highest BCUT2D eigenvalue weighted by Gasteiger charge is 2.08. The molecule has 78 valence electrons. The van der Waals surface area contributed by atoms with Crippen LogP contribution in [-0.4, -0.2) is 4.98 Å². The lowest BCUT2D eigenvalue weighted by Gasteiger charge is -2.06. The molecule has 3 nitrogen and oxygen atoms in total. The van der Waals surface area contributed by atoms with Gasteiger partial charge in [-0.3, -0.25) is 4.98 Å². The van der Waals surface area contributed by atoms with Gasteiger partial charge in [0.2, 0.25) is 0 Å². The number of nitrogens with two attached hydrogens (primary N) is 1. The summed E-state index contributed by atoms with van der Waals surface area (Å²) in [6.07, 6.45) is 3.08. The van der Waals surface area contributed by atoms with Crippen LogP contribution >= 0.6 is 0 Å². The molecule has 0 unspecified atom stereocenters. The van der Waals surface area contributed by atoms with Crippen molar-refractivity contribution in [3.05, 3.63) is 48.0 Å². The van der Waals surface area contributed by atoms with Crippen LogP contribution in [0.25, 0.3) is 11.1 Å². The summed E-state index contributed by atoms with van der Waals surface area (Å²) < 4.78 is 13.0. The minimum absolute atomic E-state index is 0.262. The highest BCUT2D eigenvalue weighted by atomic mass is 19.1. The van der Waals surface area contributed by atoms with Gasteiger partial charge in [0.1, 0.15) is 5.82 Å². The van der Waals surface area contributed by atoms with E-state index < -0.39 is 5.82 Å². The Morgan fingerprint density at radius 1 is 1.25 bits per heavy atom. The van der Waals surface area contributed by atoms with E-state index >= 15 is 0 Å². The minimum atomic E-state index is -0.437. The smallest absolute Gasteiger partial charge is 0.124 e. The van der Waals surface area contributed by atoms with E-state index in [4.69, 9.17) is 11.0 Å². The van der Waals surface area contributed by atoms with Crippen molar-refractivity contribution in [2.75, 3.05) is 5.73 Å². The van der Waals surface area contributed by atoms with Crippen LogP contribution in [0.5, 0.6) is 0 Å². The molecule has 4 heteroatoms. The quantitative estimate of drug-likeness (QED) is 0.790. The summed E-state index contributed by atoms with van der Waals surface area (Å²) in [5.74, 6) is -0.437. The zero-order valence-corrected chi connectivity index (χ0v) is 8.31. The Hall–Kier alpha value is -2.41. The number of anilines is 1. The summed E-state index contributed by atoms with van der Waals surface area (Å²) in [5, 5.41) is 8.92. The Kier molecular flexibility index (Phi) is 2.52. The molecule has 2 N–H and O–H groups in total. The van der Waals surface area contributed by atoms with Gasteiger partial charge in [0.25, 0.3) is 0 Å². The molecule has 0 fully saturated rings. The lowest BCUT2D eigenvalue weighted by Crippen LogP contribution is -1.93. The first-order chi connectivity index (χ1) is 7.72. The number of aromatic nitrogens is 1. The van der Waals surface area contributed by atoms with Crippen LogP contribution in [-0.2, 0) is 0 Å². The van der Waals surface area contributed by atoms with E-state index in [2.05, 4.69) is 4.98 Å². The molecule has 0 aliphatic carbocycles. The van der Waals surface area contributed by atoms with Crippen molar-refractivity contribution in [3.63, 3.8) is 0 Å². The first-order valence-corrected chi connectivity index (χ1v) is 4.62. The van der Waals surface area contributed by atoms with Crippen molar-refractivity contribution >= 4 is 5.69 Å². The highest BCUT2D eigenvalue weighted by Crippen LogP contribution is 2.28. The molecule has 1 aromatic carbocycles. The molecule has 0 aliphatic rings. The van der Waals surface area contributed by atoms with Gasteiger partial charge in [-0.05, 0) is 18.2 Å². The zero-order chi connectivity index (χ0) is 11.5. The molecule has 1 heterocycles. The fourth-order valence-electron chi connectivity index (χ4n) is 1.50. The van der Waals surface area contributed by atoms with E-state index in [1.165, 1.54) is 18.3 Å². The Balaban J connectivity index is 2.66. The van der Waals surface area contributed by atoms with Crippen LogP contribution in [0, 0.1) is 17.1 Å². The lowest BCUT2D eigenvalue weighted by molar-refractivity contribution is 0.627. The maximum Gasteiger partial charge on any atom is 0.124 e. The van der Waals surface area contributed by atoms with Crippen molar-refractivity contribution in [2.45, 2.75) is 0 Å². The van der Waals surface area contributed by atoms with Gasteiger partial charge in [0.15, 0.2) is 0 Å². The zero-order valence-electron chi connectivity index (χ0n) is 8.31. The molecule has 0 saturated carbocycles. The molecule has 0 saturated heterocycles. The average molecular weight is 213 g/mol. The van der Waals surface area contributed by atoms with Gasteiger partial charge in [-0.25, -0.2) is 4.39 Å². The van der Waals surface area contributed by atoms with Gasteiger partial charge in [-0.2, -0.15) is 5.26 Å². The van der Waals surface area contributed by atoms with E-state index in [0.29, 0.717) is 16.8 Å². The van der Waals surface area contributed by atoms with Gasteiger partial charge in [-0.15, -0.1) is 0 Å². The number of rotatable bonds is 1. The van der Waals surface area contributed by atoms with E-state index in [0.717, 1.165) is 0 Å². The summed E-state index contributed by atoms with van der Waals surface area (Å²) in [6.45, 7) is 0. The van der Waals surface area contributed by atoms with E-state index in [-0.39, 0.29) is 5.56 Å². The second-order valence-electron chi connectivity index (χ2n) is 3.26. The molecule has 2 aromatic rings. The second kappa shape index (κ2) is 3.99. The first kappa shape index (κ1) is 10.1. The van der Waals surface area contributed by atoms with Gasteiger partial charge in [0.05, 0.1) is 23.5 Å². The Labute approximate surface area is 92.0 Å². The maximum atomic E-state index is 13.0. The Morgan fingerprint density at radius 3 is 2.75 bits per heavy atom. The molecular formula is C12H8FN3. The van der Waals surface area contributed by atoms with Crippen LogP contribution in [0.2, 0.25) is 0 Å². The molecule has 0 atom stereocenters. The SMILES string of the molecule is N#Cc1cc(F)ccc1-c1ccncc1N. The van der Waals surface area contributed by atoms with Gasteiger partial charge >= 0.3 is 0 Å². The fraction of sp³-hybridized carbons (Fsp3) is 0. The number of nitrogens with zero attached hydrogens (tertiary/aromatic N) is 2. The third-order valence-electron chi connectivity index (χ3n) is 2.24. The summed E-state index contributed by atoms with van der Waals surface area (Å²) in [7, 11) is 0. The number of nitrogen functional groups attached to an aromatic ring is 1. The number of benzene rings is 1. The average Bonchev–Trinajstić information content (AvgIpc) is 2.30. The van der Waals surface area contributed by atoms with Gasteiger partial charge < -0.3 is 5.73 Å². The van der Waals surface area contributed by atoms with Crippen LogP contribution in [0.4, 0.5) is 10.1 Å². The third-order valence-corrected chi connectivity index (χ3v) is 2.24. The van der Waals surface area contributed by atoms with E-state index in [9.17, 15) is 4.39 Å². The molecule has 2 rings (SSSR count). The van der Waals surface area contributed by atoms with E-state index in [1.807, 2.05) is 6.07 Å². The van der Waals surface area contributed by atoms with Crippen molar-refractivity contribution in [1.29, 1.82) is 5.26 Å². The molecule has 0 bridgehead atoms. The van der Waals surface area contributed by atoms with Crippen molar-refractivity contribution in [2.24, 2.45) is 0 Å². The van der Waals surface area contributed by atoms with Crippen molar-refractivity contribution < 1.29 is 4.39 Å². The van der Waals surface area contributed by atoms with Crippen LogP contribution < -0.4 is 5.73 Å². The number of pyridine rings is 1. The third kappa shape index (κ3) is 1.71. The Morgan fingerprint density at radius 2 is 2.06 bits per heavy atom. The summed E-state index contributed by atoms with van der Waals surface area (Å²) in [5.41, 5.74) is 7.78. The Bertz CT molecular complexity index is 573. The predicted molar refractivity (Wildman–Crippen MR) is 58.8 cm³/mol. The second-order valence-corrected chi connectivity index (χ2v) is 3.26. The molecule has 0 radical (unpaired) electrons. The minimum Gasteiger partial charge on any atom is -0.397 e. The fourth-order valence-corrected chi connectivity index (χ4v) is 1.50. The summed E-state index contributed by atoms with van der Waals surface area (Å²) in [6, 6.07) is 7.68. The van der Waals surface area contributed by atoms with Crippen molar-refractivity contribution in [1.82, 2.24) is 4.98 Å². The molecule has 0 spiro atoms. The summed E-state index contributed by atoms with van der Waals surface area (Å²) >= 11 is 0. The molecular weight excluding hydrogens is 205 g/mol. The summed E-state index contributed by atoms with van der Waals surface area (Å²) in [4.78, 5) is 3.86. The monoisotopic (exact) mass is 213 g/mol. The lowest BCUT2D eigenvalue weighted by atomic mass is 10.00. The number of hydrogen-bond acceptors (Lipinski definition) is 3. The van der Waals surface area contributed by atoms with Crippen molar-refractivity contribution in [3.8, 4) is 17.2 Å². The highest BCUT2D eigenvalue weighted by molar-refractivity contribution is 5.79. The molecule has 0 amide bonds. The van der Waals surface area contributed by atoms with Gasteiger partial charge in [0, 0.05) is 17.3 Å². The van der Waals surface area contributed by atoms with E-state index in [1.54, 1.807) is 18.3 Å². The van der Waals surface area contributed by atoms with Crippen LogP contribution in [0.3, 0.4) is 0 Å². The topological polar surface area (TPSA) is 62.7 Å². The first-order valence-electron chi connectivity index (χ1n) is 4.62. The number of nitriles is 1. The molecule has 16 heavy (non-hydrogen) atoms. The normalized spacial score (nSPS) is 9.75. The van der Waals surface area contributed by atoms with Gasteiger partial charge in [-0.1, -0.05) is 6.07 Å². The number of hydrogen-bond donors (Lipinski definition) is 1. The molecule has 1 aromatic heterocycles. The van der Waals surface area contributed by atoms with Crippen LogP contribution in [0.15, 0.2) is 36.7 Å². The number of halogens is 1. The molecule has 0 aliphatic heterocycles. The largest absolute Gasteiger partial charge is 0.397 e. The predicted octanol–water partition coefficient (Wildman–Crippen LogP) is 2.34.